The van der Waals surface area contributed by atoms with Crippen molar-refractivity contribution in [1.82, 2.24) is 10.2 Å². The topological polar surface area (TPSA) is 89.0 Å². The van der Waals surface area contributed by atoms with Gasteiger partial charge in [0.05, 0.1) is 10.5 Å². The quantitative estimate of drug-likeness (QED) is 0.898. The summed E-state index contributed by atoms with van der Waals surface area (Å²) >= 11 is 1.37. The first-order valence-electron chi connectivity index (χ1n) is 7.89. The van der Waals surface area contributed by atoms with Crippen molar-refractivity contribution in [2.24, 2.45) is 0 Å². The monoisotopic (exact) mass is 365 g/mol. The number of hydrogen-bond acceptors (Lipinski definition) is 6. The molecule has 1 heterocycles. The van der Waals surface area contributed by atoms with Gasteiger partial charge >= 0.3 is 0 Å². The average molecular weight is 365 g/mol. The van der Waals surface area contributed by atoms with Crippen molar-refractivity contribution in [1.29, 1.82) is 0 Å². The molecule has 1 fully saturated rings. The van der Waals surface area contributed by atoms with Gasteiger partial charge in [-0.3, -0.25) is 10.1 Å². The summed E-state index contributed by atoms with van der Waals surface area (Å²) in [4.78, 5) is 12.4. The van der Waals surface area contributed by atoms with Crippen LogP contribution in [0.15, 0.2) is 29.2 Å². The Morgan fingerprint density at radius 1 is 1.17 bits per heavy atom. The standard InChI is InChI=1S/C16H19N3O3S2/c1-24(21,22)13-10-6-5-9-12(13)14(20)17-16-19-18-15(23-16)11-7-3-2-4-8-11/h5-6,9-11H,2-4,7-8H2,1H3,(H,17,19,20). The van der Waals surface area contributed by atoms with Crippen LogP contribution in [0.5, 0.6) is 0 Å². The predicted octanol–water partition coefficient (Wildman–Crippen LogP) is 3.24. The fraction of sp³-hybridized carbons (Fsp3) is 0.438. The first kappa shape index (κ1) is 17.0. The Hall–Kier alpha value is -1.80. The van der Waals surface area contributed by atoms with Gasteiger partial charge in [-0.15, -0.1) is 10.2 Å². The number of nitrogens with zero attached hydrogens (tertiary/aromatic N) is 2. The van der Waals surface area contributed by atoms with Crippen LogP contribution in [0.1, 0.15) is 53.4 Å². The Morgan fingerprint density at radius 2 is 1.88 bits per heavy atom. The summed E-state index contributed by atoms with van der Waals surface area (Å²) in [6.07, 6.45) is 6.98. The Bertz CT molecular complexity index is 840. The van der Waals surface area contributed by atoms with Gasteiger partial charge in [0.1, 0.15) is 5.01 Å². The summed E-state index contributed by atoms with van der Waals surface area (Å²) in [5.41, 5.74) is 0.120. The first-order chi connectivity index (χ1) is 11.4. The molecule has 6 nitrogen and oxygen atoms in total. The molecule has 1 aliphatic rings. The minimum absolute atomic E-state index is 0.0134. The molecule has 128 valence electrons. The SMILES string of the molecule is CS(=O)(=O)c1ccccc1C(=O)Nc1nnc(C2CCCCC2)s1. The van der Waals surface area contributed by atoms with E-state index in [2.05, 4.69) is 15.5 Å². The summed E-state index contributed by atoms with van der Waals surface area (Å²) in [5.74, 6) is -0.0624. The van der Waals surface area contributed by atoms with E-state index in [1.165, 1.54) is 42.7 Å². The highest BCUT2D eigenvalue weighted by molar-refractivity contribution is 7.90. The Balaban J connectivity index is 1.78. The van der Waals surface area contributed by atoms with Crippen LogP contribution in [0.3, 0.4) is 0 Å². The van der Waals surface area contributed by atoms with Crippen LogP contribution in [0.25, 0.3) is 0 Å². The molecule has 0 saturated heterocycles. The predicted molar refractivity (Wildman–Crippen MR) is 93.2 cm³/mol. The molecule has 0 bridgehead atoms. The molecule has 0 aliphatic heterocycles. The van der Waals surface area contributed by atoms with Crippen LogP contribution in [0, 0.1) is 0 Å². The molecule has 0 atom stereocenters. The van der Waals surface area contributed by atoms with E-state index < -0.39 is 15.7 Å². The number of aromatic nitrogens is 2. The fourth-order valence-electron chi connectivity index (χ4n) is 2.94. The lowest BCUT2D eigenvalue weighted by Crippen LogP contribution is -2.15. The molecule has 1 saturated carbocycles. The van der Waals surface area contributed by atoms with Crippen LogP contribution < -0.4 is 5.32 Å². The smallest absolute Gasteiger partial charge is 0.258 e. The van der Waals surface area contributed by atoms with E-state index >= 15 is 0 Å². The second kappa shape index (κ2) is 6.98. The summed E-state index contributed by atoms with van der Waals surface area (Å²) in [5, 5.41) is 12.3. The average Bonchev–Trinajstić information content (AvgIpc) is 3.03. The summed E-state index contributed by atoms with van der Waals surface area (Å²) < 4.78 is 23.6. The zero-order valence-corrected chi connectivity index (χ0v) is 15.0. The number of anilines is 1. The van der Waals surface area contributed by atoms with E-state index in [-0.39, 0.29) is 10.5 Å². The van der Waals surface area contributed by atoms with Gasteiger partial charge in [-0.25, -0.2) is 8.42 Å². The van der Waals surface area contributed by atoms with Gasteiger partial charge in [-0.2, -0.15) is 0 Å². The number of hydrogen-bond donors (Lipinski definition) is 1. The largest absolute Gasteiger partial charge is 0.296 e. The highest BCUT2D eigenvalue weighted by Gasteiger charge is 2.22. The van der Waals surface area contributed by atoms with Crippen LogP contribution in [0.2, 0.25) is 0 Å². The third-order valence-electron chi connectivity index (χ3n) is 4.15. The van der Waals surface area contributed by atoms with Gasteiger partial charge in [0.15, 0.2) is 9.84 Å². The number of carbonyl (C=O) groups is 1. The lowest BCUT2D eigenvalue weighted by atomic mass is 9.90. The molecular weight excluding hydrogens is 346 g/mol. The highest BCUT2D eigenvalue weighted by Crippen LogP contribution is 2.35. The number of carbonyl (C=O) groups excluding carboxylic acids is 1. The van der Waals surface area contributed by atoms with Crippen LogP contribution in [-0.4, -0.2) is 30.8 Å². The fourth-order valence-corrected chi connectivity index (χ4v) is 4.74. The van der Waals surface area contributed by atoms with Crippen LogP contribution in [-0.2, 0) is 9.84 Å². The molecule has 0 unspecified atom stereocenters. The van der Waals surface area contributed by atoms with Crippen LogP contribution in [0.4, 0.5) is 5.13 Å². The Kier molecular flexibility index (Phi) is 4.96. The molecule has 1 amide bonds. The zero-order chi connectivity index (χ0) is 17.2. The first-order valence-corrected chi connectivity index (χ1v) is 10.6. The molecule has 1 aromatic carbocycles. The Labute approximate surface area is 145 Å². The summed E-state index contributed by atoms with van der Waals surface area (Å²) in [6.45, 7) is 0. The number of sulfone groups is 1. The maximum Gasteiger partial charge on any atom is 0.258 e. The normalized spacial score (nSPS) is 16.0. The van der Waals surface area contributed by atoms with Gasteiger partial charge in [0.25, 0.3) is 5.91 Å². The van der Waals surface area contributed by atoms with Crippen molar-refractivity contribution >= 4 is 32.2 Å². The molecule has 0 spiro atoms. The number of nitrogens with one attached hydrogen (secondary N) is 1. The van der Waals surface area contributed by atoms with E-state index in [0.717, 1.165) is 24.1 Å². The van der Waals surface area contributed by atoms with Crippen molar-refractivity contribution in [2.45, 2.75) is 42.9 Å². The molecule has 1 N–H and O–H groups in total. The molecular formula is C16H19N3O3S2. The third-order valence-corrected chi connectivity index (χ3v) is 6.30. The van der Waals surface area contributed by atoms with Gasteiger partial charge in [-0.1, -0.05) is 42.7 Å². The van der Waals surface area contributed by atoms with E-state index in [1.54, 1.807) is 12.1 Å². The van der Waals surface area contributed by atoms with Crippen molar-refractivity contribution < 1.29 is 13.2 Å². The van der Waals surface area contributed by atoms with E-state index in [1.807, 2.05) is 0 Å². The number of amides is 1. The summed E-state index contributed by atoms with van der Waals surface area (Å²) in [7, 11) is -3.48. The minimum Gasteiger partial charge on any atom is -0.296 e. The second-order valence-corrected chi connectivity index (χ2v) is 9.00. The molecule has 2 aromatic rings. The van der Waals surface area contributed by atoms with Gasteiger partial charge in [0.2, 0.25) is 5.13 Å². The van der Waals surface area contributed by atoms with Gasteiger partial charge < -0.3 is 0 Å². The van der Waals surface area contributed by atoms with E-state index in [9.17, 15) is 13.2 Å². The Morgan fingerprint density at radius 3 is 2.58 bits per heavy atom. The van der Waals surface area contributed by atoms with Gasteiger partial charge in [-0.05, 0) is 25.0 Å². The molecule has 24 heavy (non-hydrogen) atoms. The second-order valence-electron chi connectivity index (χ2n) is 6.00. The molecule has 8 heteroatoms. The van der Waals surface area contributed by atoms with Gasteiger partial charge in [0, 0.05) is 12.2 Å². The molecule has 1 aliphatic carbocycles. The van der Waals surface area contributed by atoms with Crippen LogP contribution >= 0.6 is 11.3 Å². The summed E-state index contributed by atoms with van der Waals surface area (Å²) in [6, 6.07) is 6.16. The number of benzene rings is 1. The van der Waals surface area contributed by atoms with Crippen molar-refractivity contribution in [3.05, 3.63) is 34.8 Å². The molecule has 1 aromatic heterocycles. The van der Waals surface area contributed by atoms with Crippen molar-refractivity contribution in [3.8, 4) is 0 Å². The number of rotatable bonds is 4. The van der Waals surface area contributed by atoms with Crippen molar-refractivity contribution in [2.75, 3.05) is 11.6 Å². The van der Waals surface area contributed by atoms with E-state index in [0.29, 0.717) is 11.0 Å². The van der Waals surface area contributed by atoms with E-state index in [4.69, 9.17) is 0 Å². The zero-order valence-electron chi connectivity index (χ0n) is 13.4. The third kappa shape index (κ3) is 3.81. The lowest BCUT2D eigenvalue weighted by Gasteiger charge is -2.18. The maximum absolute atomic E-state index is 12.4. The molecule has 3 rings (SSSR count). The molecule has 0 radical (unpaired) electrons. The maximum atomic E-state index is 12.4. The highest BCUT2D eigenvalue weighted by atomic mass is 32.2. The van der Waals surface area contributed by atoms with Crippen molar-refractivity contribution in [3.63, 3.8) is 0 Å². The lowest BCUT2D eigenvalue weighted by molar-refractivity contribution is 0.102. The minimum atomic E-state index is -3.48.